The van der Waals surface area contributed by atoms with Crippen molar-refractivity contribution in [1.29, 1.82) is 0 Å². The van der Waals surface area contributed by atoms with Crippen LogP contribution in [0.4, 0.5) is 5.69 Å². The molecule has 1 aromatic carbocycles. The van der Waals surface area contributed by atoms with Gasteiger partial charge in [-0.3, -0.25) is 9.59 Å². The number of carbonyl (C=O) groups is 3. The SMILES string of the molecule is Cc1[nH]c(C(=O)Nc2cccc(C(=O)N3CCOCC3)c2C)c(C)c1C(=O)OC(C)C. The number of nitrogens with one attached hydrogen (secondary N) is 2. The van der Waals surface area contributed by atoms with Gasteiger partial charge in [-0.15, -0.1) is 0 Å². The Balaban J connectivity index is 1.83. The summed E-state index contributed by atoms with van der Waals surface area (Å²) in [5.74, 6) is -0.930. The highest BCUT2D eigenvalue weighted by molar-refractivity contribution is 6.08. The summed E-state index contributed by atoms with van der Waals surface area (Å²) in [5, 5.41) is 2.87. The fourth-order valence-corrected chi connectivity index (χ4v) is 3.68. The lowest BCUT2D eigenvalue weighted by molar-refractivity contribution is 0.0302. The minimum absolute atomic E-state index is 0.0810. The number of anilines is 1. The van der Waals surface area contributed by atoms with Gasteiger partial charge in [0.25, 0.3) is 11.8 Å². The average molecular weight is 428 g/mol. The molecule has 1 aromatic heterocycles. The predicted molar refractivity (Wildman–Crippen MR) is 117 cm³/mol. The fraction of sp³-hybridized carbons (Fsp3) is 0.435. The Bertz CT molecular complexity index is 1000. The molecule has 1 fully saturated rings. The molecule has 8 heteroatoms. The molecule has 0 radical (unpaired) electrons. The summed E-state index contributed by atoms with van der Waals surface area (Å²) in [7, 11) is 0. The number of morpholine rings is 1. The summed E-state index contributed by atoms with van der Waals surface area (Å²) >= 11 is 0. The van der Waals surface area contributed by atoms with Crippen molar-refractivity contribution in [2.24, 2.45) is 0 Å². The van der Waals surface area contributed by atoms with E-state index in [0.29, 0.717) is 59.9 Å². The van der Waals surface area contributed by atoms with E-state index in [-0.39, 0.29) is 23.6 Å². The van der Waals surface area contributed by atoms with Crippen molar-refractivity contribution in [2.75, 3.05) is 31.6 Å². The summed E-state index contributed by atoms with van der Waals surface area (Å²) in [6.07, 6.45) is -0.257. The van der Waals surface area contributed by atoms with E-state index in [2.05, 4.69) is 10.3 Å². The van der Waals surface area contributed by atoms with Gasteiger partial charge in [0, 0.05) is 30.0 Å². The van der Waals surface area contributed by atoms with Gasteiger partial charge in [-0.2, -0.15) is 0 Å². The summed E-state index contributed by atoms with van der Waals surface area (Å²) in [4.78, 5) is 43.0. The Kier molecular flexibility index (Phi) is 6.80. The highest BCUT2D eigenvalue weighted by Crippen LogP contribution is 2.24. The maximum absolute atomic E-state index is 13.0. The lowest BCUT2D eigenvalue weighted by atomic mass is 10.0. The number of esters is 1. The minimum Gasteiger partial charge on any atom is -0.459 e. The lowest BCUT2D eigenvalue weighted by Gasteiger charge is -2.27. The number of aryl methyl sites for hydroxylation is 1. The third-order valence-corrected chi connectivity index (χ3v) is 5.32. The van der Waals surface area contributed by atoms with Gasteiger partial charge in [0.15, 0.2) is 0 Å². The van der Waals surface area contributed by atoms with Gasteiger partial charge in [-0.1, -0.05) is 6.07 Å². The first kappa shape index (κ1) is 22.6. The quantitative estimate of drug-likeness (QED) is 0.714. The number of hydrogen-bond acceptors (Lipinski definition) is 5. The fourth-order valence-electron chi connectivity index (χ4n) is 3.68. The van der Waals surface area contributed by atoms with E-state index >= 15 is 0 Å². The first-order chi connectivity index (χ1) is 14.7. The maximum Gasteiger partial charge on any atom is 0.340 e. The molecular formula is C23H29N3O5. The minimum atomic E-state index is -0.463. The molecule has 0 unspecified atom stereocenters. The largest absolute Gasteiger partial charge is 0.459 e. The number of aromatic amines is 1. The van der Waals surface area contributed by atoms with E-state index < -0.39 is 5.97 Å². The smallest absolute Gasteiger partial charge is 0.340 e. The zero-order valence-corrected chi connectivity index (χ0v) is 18.6. The molecule has 2 aromatic rings. The van der Waals surface area contributed by atoms with Gasteiger partial charge in [0.1, 0.15) is 5.69 Å². The molecule has 166 valence electrons. The van der Waals surface area contributed by atoms with Crippen molar-refractivity contribution < 1.29 is 23.9 Å². The molecule has 1 saturated heterocycles. The third-order valence-electron chi connectivity index (χ3n) is 5.32. The molecule has 8 nitrogen and oxygen atoms in total. The Morgan fingerprint density at radius 2 is 1.77 bits per heavy atom. The highest BCUT2D eigenvalue weighted by atomic mass is 16.5. The monoisotopic (exact) mass is 427 g/mol. The van der Waals surface area contributed by atoms with Crippen LogP contribution >= 0.6 is 0 Å². The van der Waals surface area contributed by atoms with Crippen molar-refractivity contribution >= 4 is 23.5 Å². The summed E-state index contributed by atoms with van der Waals surface area (Å²) < 4.78 is 10.6. The van der Waals surface area contributed by atoms with E-state index in [1.807, 2.05) is 6.92 Å². The van der Waals surface area contributed by atoms with Crippen LogP contribution in [0.1, 0.15) is 61.9 Å². The maximum atomic E-state index is 13.0. The summed E-state index contributed by atoms with van der Waals surface area (Å²) in [6, 6.07) is 5.25. The topological polar surface area (TPSA) is 101 Å². The van der Waals surface area contributed by atoms with Crippen molar-refractivity contribution in [3.63, 3.8) is 0 Å². The van der Waals surface area contributed by atoms with Crippen LogP contribution in [-0.4, -0.2) is 60.1 Å². The molecule has 1 aliphatic heterocycles. The Morgan fingerprint density at radius 1 is 1.10 bits per heavy atom. The third kappa shape index (κ3) is 4.80. The molecule has 31 heavy (non-hydrogen) atoms. The van der Waals surface area contributed by atoms with Crippen LogP contribution in [0.2, 0.25) is 0 Å². The molecule has 0 spiro atoms. The molecule has 1 aliphatic rings. The second kappa shape index (κ2) is 9.34. The van der Waals surface area contributed by atoms with Crippen LogP contribution in [0.25, 0.3) is 0 Å². The zero-order valence-electron chi connectivity index (χ0n) is 18.6. The second-order valence-corrected chi connectivity index (χ2v) is 7.92. The number of amides is 2. The van der Waals surface area contributed by atoms with Crippen molar-refractivity contribution in [1.82, 2.24) is 9.88 Å². The van der Waals surface area contributed by atoms with Crippen LogP contribution in [0.3, 0.4) is 0 Å². The zero-order chi connectivity index (χ0) is 22.7. The van der Waals surface area contributed by atoms with E-state index in [4.69, 9.17) is 9.47 Å². The number of hydrogen-bond donors (Lipinski definition) is 2. The molecule has 0 bridgehead atoms. The van der Waals surface area contributed by atoms with Gasteiger partial charge >= 0.3 is 5.97 Å². The van der Waals surface area contributed by atoms with Crippen molar-refractivity contribution in [2.45, 2.75) is 40.7 Å². The van der Waals surface area contributed by atoms with Gasteiger partial charge in [-0.05, 0) is 57.9 Å². The molecule has 2 N–H and O–H groups in total. The Hall–Kier alpha value is -3.13. The van der Waals surface area contributed by atoms with Gasteiger partial charge in [-0.25, -0.2) is 4.79 Å². The van der Waals surface area contributed by atoms with Crippen molar-refractivity contribution in [3.05, 3.63) is 51.8 Å². The summed E-state index contributed by atoms with van der Waals surface area (Å²) in [5.41, 5.74) is 3.53. The van der Waals surface area contributed by atoms with E-state index in [1.165, 1.54) is 0 Å². The normalized spacial score (nSPS) is 13.9. The molecular weight excluding hydrogens is 398 g/mol. The van der Waals surface area contributed by atoms with Gasteiger partial charge < -0.3 is 24.7 Å². The molecule has 0 aliphatic carbocycles. The van der Waals surface area contributed by atoms with E-state index in [0.717, 1.165) is 0 Å². The number of aromatic nitrogens is 1. The van der Waals surface area contributed by atoms with Gasteiger partial charge in [0.05, 0.1) is 24.9 Å². The Labute approximate surface area is 181 Å². The number of H-pyrrole nitrogens is 1. The standard InChI is InChI=1S/C23H29N3O5/c1-13(2)31-23(29)19-15(4)20(24-16(19)5)21(27)25-18-8-6-7-17(14(18)3)22(28)26-9-11-30-12-10-26/h6-8,13,24H,9-12H2,1-5H3,(H,25,27). The van der Waals surface area contributed by atoms with Crippen LogP contribution < -0.4 is 5.32 Å². The molecule has 3 rings (SSSR count). The number of benzene rings is 1. The number of carbonyl (C=O) groups excluding carboxylic acids is 3. The summed E-state index contributed by atoms with van der Waals surface area (Å²) in [6.45, 7) is 10.9. The van der Waals surface area contributed by atoms with Crippen molar-refractivity contribution in [3.8, 4) is 0 Å². The molecule has 0 atom stereocenters. The number of ether oxygens (including phenoxy) is 2. The number of nitrogens with zero attached hydrogens (tertiary/aromatic N) is 1. The van der Waals surface area contributed by atoms with E-state index in [1.54, 1.807) is 50.8 Å². The first-order valence-corrected chi connectivity index (χ1v) is 10.4. The van der Waals surface area contributed by atoms with Crippen LogP contribution in [0, 0.1) is 20.8 Å². The molecule has 2 heterocycles. The second-order valence-electron chi connectivity index (χ2n) is 7.92. The van der Waals surface area contributed by atoms with Crippen LogP contribution in [0.5, 0.6) is 0 Å². The van der Waals surface area contributed by atoms with Gasteiger partial charge in [0.2, 0.25) is 0 Å². The first-order valence-electron chi connectivity index (χ1n) is 10.4. The average Bonchev–Trinajstić information content (AvgIpc) is 3.03. The van der Waals surface area contributed by atoms with E-state index in [9.17, 15) is 14.4 Å². The van der Waals surface area contributed by atoms with Crippen LogP contribution in [0.15, 0.2) is 18.2 Å². The lowest BCUT2D eigenvalue weighted by Crippen LogP contribution is -2.41. The Morgan fingerprint density at radius 3 is 2.42 bits per heavy atom. The highest BCUT2D eigenvalue weighted by Gasteiger charge is 2.25. The molecule has 2 amide bonds. The molecule has 0 saturated carbocycles. The predicted octanol–water partition coefficient (Wildman–Crippen LogP) is 3.23. The van der Waals surface area contributed by atoms with Crippen LogP contribution in [-0.2, 0) is 9.47 Å². The number of rotatable bonds is 5.